The SMILES string of the molecule is CCCNC(=O)c1nn(-c2ccc(C)c(C)c2)c(=O)n(Cc2ccc(C(F)(F)F)cc2)c1=O. The number of amides is 1. The van der Waals surface area contributed by atoms with E-state index in [1.807, 2.05) is 20.8 Å². The van der Waals surface area contributed by atoms with Gasteiger partial charge in [0, 0.05) is 6.54 Å². The van der Waals surface area contributed by atoms with E-state index >= 15 is 0 Å². The van der Waals surface area contributed by atoms with Crippen LogP contribution in [0.2, 0.25) is 0 Å². The lowest BCUT2D eigenvalue weighted by atomic mass is 10.1. The van der Waals surface area contributed by atoms with Crippen LogP contribution in [0.25, 0.3) is 5.69 Å². The van der Waals surface area contributed by atoms with Gasteiger partial charge < -0.3 is 5.32 Å². The van der Waals surface area contributed by atoms with Crippen LogP contribution in [0.15, 0.2) is 52.1 Å². The van der Waals surface area contributed by atoms with Crippen LogP contribution >= 0.6 is 0 Å². The molecule has 2 aromatic carbocycles. The second kappa shape index (κ2) is 9.43. The minimum absolute atomic E-state index is 0.292. The maximum absolute atomic E-state index is 13.2. The molecule has 0 saturated carbocycles. The van der Waals surface area contributed by atoms with Crippen molar-refractivity contribution in [2.75, 3.05) is 6.54 Å². The predicted octanol–water partition coefficient (Wildman–Crippen LogP) is 3.22. The molecule has 0 radical (unpaired) electrons. The van der Waals surface area contributed by atoms with Gasteiger partial charge in [0.15, 0.2) is 0 Å². The van der Waals surface area contributed by atoms with Crippen molar-refractivity contribution in [3.8, 4) is 5.69 Å². The fraction of sp³-hybridized carbons (Fsp3) is 0.304. The Kier molecular flexibility index (Phi) is 6.85. The lowest BCUT2D eigenvalue weighted by molar-refractivity contribution is -0.137. The fourth-order valence-corrected chi connectivity index (χ4v) is 3.13. The van der Waals surface area contributed by atoms with E-state index in [0.29, 0.717) is 24.2 Å². The largest absolute Gasteiger partial charge is 0.416 e. The highest BCUT2D eigenvalue weighted by atomic mass is 19.4. The molecular formula is C23H23F3N4O3. The molecule has 1 aromatic heterocycles. The molecule has 0 aliphatic heterocycles. The number of aryl methyl sites for hydroxylation is 2. The Morgan fingerprint density at radius 1 is 1.03 bits per heavy atom. The van der Waals surface area contributed by atoms with E-state index in [0.717, 1.165) is 32.5 Å². The fourth-order valence-electron chi connectivity index (χ4n) is 3.13. The molecule has 33 heavy (non-hydrogen) atoms. The zero-order valence-electron chi connectivity index (χ0n) is 18.4. The van der Waals surface area contributed by atoms with Gasteiger partial charge in [-0.15, -0.1) is 0 Å². The summed E-state index contributed by atoms with van der Waals surface area (Å²) in [6.45, 7) is 5.56. The molecule has 7 nitrogen and oxygen atoms in total. The normalized spacial score (nSPS) is 11.5. The van der Waals surface area contributed by atoms with E-state index < -0.39 is 34.6 Å². The van der Waals surface area contributed by atoms with Crippen LogP contribution in [0.1, 0.15) is 46.1 Å². The molecule has 0 aliphatic rings. The Morgan fingerprint density at radius 2 is 1.70 bits per heavy atom. The van der Waals surface area contributed by atoms with Crippen molar-refractivity contribution >= 4 is 5.91 Å². The summed E-state index contributed by atoms with van der Waals surface area (Å²) in [4.78, 5) is 38.7. The van der Waals surface area contributed by atoms with Gasteiger partial charge in [0.2, 0.25) is 5.69 Å². The number of aromatic nitrogens is 3. The molecule has 0 unspecified atom stereocenters. The molecule has 1 heterocycles. The lowest BCUT2D eigenvalue weighted by Gasteiger charge is -2.13. The van der Waals surface area contributed by atoms with Gasteiger partial charge in [0.05, 0.1) is 17.8 Å². The number of carbonyl (C=O) groups excluding carboxylic acids is 1. The Hall–Kier alpha value is -3.69. The molecule has 0 bridgehead atoms. The summed E-state index contributed by atoms with van der Waals surface area (Å²) in [6.07, 6.45) is -3.88. The van der Waals surface area contributed by atoms with Crippen molar-refractivity contribution < 1.29 is 18.0 Å². The topological polar surface area (TPSA) is 86.0 Å². The van der Waals surface area contributed by atoms with E-state index in [2.05, 4.69) is 10.4 Å². The second-order valence-corrected chi connectivity index (χ2v) is 7.65. The monoisotopic (exact) mass is 460 g/mol. The molecule has 3 rings (SSSR count). The summed E-state index contributed by atoms with van der Waals surface area (Å²) in [6, 6.07) is 9.23. The molecule has 1 amide bonds. The number of alkyl halides is 3. The van der Waals surface area contributed by atoms with Crippen LogP contribution in [-0.4, -0.2) is 26.8 Å². The first-order valence-corrected chi connectivity index (χ1v) is 10.3. The smallest absolute Gasteiger partial charge is 0.350 e. The van der Waals surface area contributed by atoms with Crippen molar-refractivity contribution in [2.45, 2.75) is 39.9 Å². The summed E-state index contributed by atoms with van der Waals surface area (Å²) >= 11 is 0. The number of nitrogens with zero attached hydrogens (tertiary/aromatic N) is 3. The van der Waals surface area contributed by atoms with Crippen LogP contribution in [0.5, 0.6) is 0 Å². The number of nitrogens with one attached hydrogen (secondary N) is 1. The number of benzene rings is 2. The number of halogens is 3. The molecular weight excluding hydrogens is 437 g/mol. The summed E-state index contributed by atoms with van der Waals surface area (Å²) in [7, 11) is 0. The average molecular weight is 460 g/mol. The van der Waals surface area contributed by atoms with Crippen LogP contribution in [0, 0.1) is 13.8 Å². The van der Waals surface area contributed by atoms with Crippen LogP contribution in [-0.2, 0) is 12.7 Å². The van der Waals surface area contributed by atoms with Crippen molar-refractivity contribution in [3.05, 3.63) is 91.3 Å². The predicted molar refractivity (Wildman–Crippen MR) is 117 cm³/mol. The molecule has 0 spiro atoms. The molecule has 3 aromatic rings. The standard InChI is InChI=1S/C23H23F3N4O3/c1-4-11-27-20(31)19-21(32)29(13-16-6-8-17(9-7-16)23(24,25)26)22(33)30(28-19)18-10-5-14(2)15(3)12-18/h5-10,12H,4,11,13H2,1-3H3,(H,27,31). The van der Waals surface area contributed by atoms with E-state index in [1.165, 1.54) is 12.1 Å². The number of rotatable bonds is 6. The van der Waals surface area contributed by atoms with Crippen molar-refractivity contribution in [1.29, 1.82) is 0 Å². The molecule has 174 valence electrons. The summed E-state index contributed by atoms with van der Waals surface area (Å²) in [5, 5.41) is 6.59. The second-order valence-electron chi connectivity index (χ2n) is 7.65. The van der Waals surface area contributed by atoms with Gasteiger partial charge >= 0.3 is 11.9 Å². The maximum atomic E-state index is 13.2. The zero-order valence-corrected chi connectivity index (χ0v) is 18.4. The van der Waals surface area contributed by atoms with Crippen molar-refractivity contribution in [1.82, 2.24) is 19.7 Å². The van der Waals surface area contributed by atoms with E-state index in [4.69, 9.17) is 0 Å². The number of hydrogen-bond donors (Lipinski definition) is 1. The van der Waals surface area contributed by atoms with Gasteiger partial charge in [0.25, 0.3) is 11.5 Å². The third kappa shape index (κ3) is 5.21. The van der Waals surface area contributed by atoms with Gasteiger partial charge in [-0.1, -0.05) is 25.1 Å². The third-order valence-corrected chi connectivity index (χ3v) is 5.17. The molecule has 0 atom stereocenters. The van der Waals surface area contributed by atoms with E-state index in [1.54, 1.807) is 18.2 Å². The number of hydrogen-bond acceptors (Lipinski definition) is 4. The summed E-state index contributed by atoms with van der Waals surface area (Å²) in [5.74, 6) is -0.736. The first-order valence-electron chi connectivity index (χ1n) is 10.3. The minimum Gasteiger partial charge on any atom is -0.350 e. The molecule has 1 N–H and O–H groups in total. The summed E-state index contributed by atoms with van der Waals surface area (Å²) < 4.78 is 40.3. The Labute approximate surface area is 187 Å². The average Bonchev–Trinajstić information content (AvgIpc) is 2.77. The van der Waals surface area contributed by atoms with Gasteiger partial charge in [-0.25, -0.2) is 4.79 Å². The van der Waals surface area contributed by atoms with Gasteiger partial charge in [-0.3, -0.25) is 14.2 Å². The van der Waals surface area contributed by atoms with Crippen LogP contribution in [0.4, 0.5) is 13.2 Å². The molecule has 10 heteroatoms. The highest BCUT2D eigenvalue weighted by Crippen LogP contribution is 2.29. The quantitative estimate of drug-likeness (QED) is 0.612. The first-order chi connectivity index (χ1) is 15.5. The molecule has 0 aliphatic carbocycles. The Morgan fingerprint density at radius 3 is 2.27 bits per heavy atom. The molecule has 0 fully saturated rings. The number of carbonyl (C=O) groups is 1. The summed E-state index contributed by atoms with van der Waals surface area (Å²) in [5.41, 5.74) is -0.560. The lowest BCUT2D eigenvalue weighted by Crippen LogP contribution is -2.46. The third-order valence-electron chi connectivity index (χ3n) is 5.17. The van der Waals surface area contributed by atoms with Crippen LogP contribution < -0.4 is 16.6 Å². The van der Waals surface area contributed by atoms with Crippen LogP contribution in [0.3, 0.4) is 0 Å². The highest BCUT2D eigenvalue weighted by Gasteiger charge is 2.30. The zero-order chi connectivity index (χ0) is 24.3. The van der Waals surface area contributed by atoms with Crippen molar-refractivity contribution in [3.63, 3.8) is 0 Å². The minimum atomic E-state index is -4.51. The van der Waals surface area contributed by atoms with Gasteiger partial charge in [0.1, 0.15) is 0 Å². The van der Waals surface area contributed by atoms with Crippen molar-refractivity contribution in [2.24, 2.45) is 0 Å². The van der Waals surface area contributed by atoms with E-state index in [-0.39, 0.29) is 6.54 Å². The maximum Gasteiger partial charge on any atom is 0.416 e. The Balaban J connectivity index is 2.15. The highest BCUT2D eigenvalue weighted by molar-refractivity contribution is 5.91. The van der Waals surface area contributed by atoms with E-state index in [9.17, 15) is 27.6 Å². The molecule has 0 saturated heterocycles. The van der Waals surface area contributed by atoms with Gasteiger partial charge in [-0.05, 0) is 61.2 Å². The Bertz CT molecular complexity index is 1290. The first kappa shape index (κ1) is 24.0. The van der Waals surface area contributed by atoms with Gasteiger partial charge in [-0.2, -0.15) is 23.0 Å².